The van der Waals surface area contributed by atoms with Crippen molar-refractivity contribution in [2.75, 3.05) is 13.1 Å². The standard InChI is InChI=1S/C10H16N2O2S2/c1-3-8(13)12(9(14)4-2)7-10(15,16)5-6-11/h3-4,15-16H,1-2,5-7,11H2. The highest BCUT2D eigenvalue weighted by molar-refractivity contribution is 8.00. The number of amides is 2. The van der Waals surface area contributed by atoms with Crippen molar-refractivity contribution in [3.8, 4) is 0 Å². The summed E-state index contributed by atoms with van der Waals surface area (Å²) in [6.45, 7) is 7.06. The Morgan fingerprint density at radius 3 is 2.00 bits per heavy atom. The van der Waals surface area contributed by atoms with Crippen LogP contribution in [0.5, 0.6) is 0 Å². The molecule has 0 aromatic rings. The van der Waals surface area contributed by atoms with Gasteiger partial charge in [-0.3, -0.25) is 14.5 Å². The zero-order valence-electron chi connectivity index (χ0n) is 8.93. The van der Waals surface area contributed by atoms with Gasteiger partial charge in [-0.15, -0.1) is 0 Å². The summed E-state index contributed by atoms with van der Waals surface area (Å²) in [6, 6.07) is 0. The summed E-state index contributed by atoms with van der Waals surface area (Å²) in [4.78, 5) is 23.9. The molecule has 0 atom stereocenters. The molecule has 2 N–H and O–H groups in total. The molecular weight excluding hydrogens is 244 g/mol. The molecule has 0 aromatic heterocycles. The third kappa shape index (κ3) is 4.87. The Morgan fingerprint density at radius 1 is 1.25 bits per heavy atom. The monoisotopic (exact) mass is 260 g/mol. The highest BCUT2D eigenvalue weighted by atomic mass is 32.2. The van der Waals surface area contributed by atoms with Crippen molar-refractivity contribution >= 4 is 37.1 Å². The molecule has 0 saturated carbocycles. The van der Waals surface area contributed by atoms with E-state index in [1.807, 2.05) is 0 Å². The summed E-state index contributed by atoms with van der Waals surface area (Å²) < 4.78 is -0.813. The van der Waals surface area contributed by atoms with Gasteiger partial charge in [0.05, 0.1) is 10.6 Å². The summed E-state index contributed by atoms with van der Waals surface area (Å²) in [5.74, 6) is -1.01. The van der Waals surface area contributed by atoms with E-state index < -0.39 is 15.9 Å². The molecular formula is C10H16N2O2S2. The molecule has 0 spiro atoms. The summed E-state index contributed by atoms with van der Waals surface area (Å²) in [5.41, 5.74) is 5.38. The Kier molecular flexibility index (Phi) is 6.47. The van der Waals surface area contributed by atoms with Crippen molar-refractivity contribution in [3.63, 3.8) is 0 Å². The maximum absolute atomic E-state index is 11.4. The van der Waals surface area contributed by atoms with Crippen molar-refractivity contribution in [1.29, 1.82) is 0 Å². The fraction of sp³-hybridized carbons (Fsp3) is 0.400. The van der Waals surface area contributed by atoms with Gasteiger partial charge in [0.1, 0.15) is 0 Å². The SMILES string of the molecule is C=CC(=O)N(CC(S)(S)CCN)C(=O)C=C. The van der Waals surface area contributed by atoms with Gasteiger partial charge >= 0.3 is 0 Å². The highest BCUT2D eigenvalue weighted by Crippen LogP contribution is 2.25. The van der Waals surface area contributed by atoms with Crippen LogP contribution >= 0.6 is 25.3 Å². The number of imide groups is 1. The molecule has 0 saturated heterocycles. The second-order valence-electron chi connectivity index (χ2n) is 3.19. The van der Waals surface area contributed by atoms with Crippen LogP contribution in [0.3, 0.4) is 0 Å². The van der Waals surface area contributed by atoms with Gasteiger partial charge in [-0.05, 0) is 25.1 Å². The summed E-state index contributed by atoms with van der Waals surface area (Å²) in [5, 5.41) is 0. The summed E-state index contributed by atoms with van der Waals surface area (Å²) in [7, 11) is 0. The summed E-state index contributed by atoms with van der Waals surface area (Å²) in [6.07, 6.45) is 2.58. The van der Waals surface area contributed by atoms with E-state index >= 15 is 0 Å². The zero-order valence-corrected chi connectivity index (χ0v) is 10.7. The number of carbonyl (C=O) groups is 2. The van der Waals surface area contributed by atoms with E-state index in [0.717, 1.165) is 17.1 Å². The molecule has 90 valence electrons. The molecule has 0 aliphatic heterocycles. The van der Waals surface area contributed by atoms with Crippen LogP contribution in [0.25, 0.3) is 0 Å². The molecule has 6 heteroatoms. The van der Waals surface area contributed by atoms with E-state index in [1.54, 1.807) is 0 Å². The van der Waals surface area contributed by atoms with E-state index in [9.17, 15) is 9.59 Å². The Bertz CT molecular complexity index is 283. The van der Waals surface area contributed by atoms with Crippen molar-refractivity contribution in [3.05, 3.63) is 25.3 Å². The number of nitrogens with two attached hydrogens (primary N) is 1. The minimum absolute atomic E-state index is 0.0477. The van der Waals surface area contributed by atoms with Crippen LogP contribution in [0.4, 0.5) is 0 Å². The quantitative estimate of drug-likeness (QED) is 0.373. The van der Waals surface area contributed by atoms with E-state index in [2.05, 4.69) is 38.4 Å². The van der Waals surface area contributed by atoms with Gasteiger partial charge in [-0.1, -0.05) is 13.2 Å². The summed E-state index contributed by atoms with van der Waals surface area (Å²) >= 11 is 8.48. The molecule has 0 rings (SSSR count). The van der Waals surface area contributed by atoms with Gasteiger partial charge in [0.2, 0.25) is 0 Å². The zero-order chi connectivity index (χ0) is 12.8. The first-order valence-corrected chi connectivity index (χ1v) is 5.52. The first kappa shape index (κ1) is 15.3. The number of rotatable bonds is 6. The molecule has 4 nitrogen and oxygen atoms in total. The lowest BCUT2D eigenvalue weighted by atomic mass is 10.2. The van der Waals surface area contributed by atoms with Gasteiger partial charge in [0, 0.05) is 0 Å². The molecule has 16 heavy (non-hydrogen) atoms. The lowest BCUT2D eigenvalue weighted by molar-refractivity contribution is -0.138. The topological polar surface area (TPSA) is 63.4 Å². The van der Waals surface area contributed by atoms with Crippen molar-refractivity contribution < 1.29 is 9.59 Å². The van der Waals surface area contributed by atoms with Crippen molar-refractivity contribution in [2.24, 2.45) is 5.73 Å². The molecule has 0 bridgehead atoms. The van der Waals surface area contributed by atoms with Crippen molar-refractivity contribution in [1.82, 2.24) is 4.90 Å². The number of thiol groups is 2. The predicted molar refractivity (Wildman–Crippen MR) is 71.5 cm³/mol. The predicted octanol–water partition coefficient (Wildman–Crippen LogP) is 0.618. The molecule has 0 aliphatic carbocycles. The van der Waals surface area contributed by atoms with Crippen LogP contribution in [0.15, 0.2) is 25.3 Å². The molecule has 0 fully saturated rings. The van der Waals surface area contributed by atoms with Gasteiger partial charge in [-0.25, -0.2) is 0 Å². The second kappa shape index (κ2) is 6.78. The molecule has 0 radical (unpaired) electrons. The molecule has 0 aromatic carbocycles. The van der Waals surface area contributed by atoms with Crippen LogP contribution in [-0.2, 0) is 9.59 Å². The fourth-order valence-electron chi connectivity index (χ4n) is 1.05. The van der Waals surface area contributed by atoms with E-state index in [4.69, 9.17) is 5.73 Å². The lowest BCUT2D eigenvalue weighted by Gasteiger charge is -2.28. The largest absolute Gasteiger partial charge is 0.330 e. The maximum Gasteiger partial charge on any atom is 0.252 e. The lowest BCUT2D eigenvalue weighted by Crippen LogP contribution is -2.43. The average Bonchev–Trinajstić information content (AvgIpc) is 2.23. The number of nitrogens with zero attached hydrogens (tertiary/aromatic N) is 1. The second-order valence-corrected chi connectivity index (χ2v) is 5.26. The normalized spacial score (nSPS) is 10.7. The average molecular weight is 260 g/mol. The number of hydrogen-bond donors (Lipinski definition) is 3. The fourth-order valence-corrected chi connectivity index (χ4v) is 1.59. The third-order valence-electron chi connectivity index (χ3n) is 1.84. The third-order valence-corrected chi connectivity index (χ3v) is 2.57. The van der Waals surface area contributed by atoms with E-state index in [1.165, 1.54) is 0 Å². The van der Waals surface area contributed by atoms with Crippen LogP contribution in [0.2, 0.25) is 0 Å². The maximum atomic E-state index is 11.4. The van der Waals surface area contributed by atoms with E-state index in [0.29, 0.717) is 13.0 Å². The van der Waals surface area contributed by atoms with Crippen LogP contribution in [0, 0.1) is 0 Å². The number of hydrogen-bond acceptors (Lipinski definition) is 5. The van der Waals surface area contributed by atoms with Gasteiger partial charge in [0.15, 0.2) is 0 Å². The molecule has 0 heterocycles. The number of carbonyl (C=O) groups excluding carboxylic acids is 2. The Balaban J connectivity index is 4.79. The Labute approximate surface area is 106 Å². The van der Waals surface area contributed by atoms with Crippen molar-refractivity contribution in [2.45, 2.75) is 10.5 Å². The minimum atomic E-state index is -0.813. The molecule has 2 amide bonds. The van der Waals surface area contributed by atoms with E-state index in [-0.39, 0.29) is 6.54 Å². The van der Waals surface area contributed by atoms with Gasteiger partial charge < -0.3 is 5.73 Å². The Hall–Kier alpha value is -0.720. The smallest absolute Gasteiger partial charge is 0.252 e. The van der Waals surface area contributed by atoms with Crippen LogP contribution < -0.4 is 5.73 Å². The minimum Gasteiger partial charge on any atom is -0.330 e. The van der Waals surface area contributed by atoms with Gasteiger partial charge in [-0.2, -0.15) is 25.3 Å². The first-order chi connectivity index (χ1) is 7.37. The van der Waals surface area contributed by atoms with Crippen LogP contribution in [0.1, 0.15) is 6.42 Å². The molecule has 0 unspecified atom stereocenters. The first-order valence-electron chi connectivity index (χ1n) is 4.63. The van der Waals surface area contributed by atoms with Gasteiger partial charge in [0.25, 0.3) is 11.8 Å². The van der Waals surface area contributed by atoms with Crippen LogP contribution in [-0.4, -0.2) is 33.9 Å². The molecule has 0 aliphatic rings. The Morgan fingerprint density at radius 2 is 1.69 bits per heavy atom. The highest BCUT2D eigenvalue weighted by Gasteiger charge is 2.28.